The topological polar surface area (TPSA) is 90.9 Å². The van der Waals surface area contributed by atoms with E-state index in [1.165, 1.54) is 6.92 Å². The maximum Gasteiger partial charge on any atom is 0.338 e. The van der Waals surface area contributed by atoms with Crippen molar-refractivity contribution in [2.75, 3.05) is 25.1 Å². The van der Waals surface area contributed by atoms with Crippen molar-refractivity contribution in [3.63, 3.8) is 0 Å². The van der Waals surface area contributed by atoms with Crippen LogP contribution in [0.15, 0.2) is 48.5 Å². The van der Waals surface area contributed by atoms with Crippen LogP contribution < -0.4 is 10.1 Å². The van der Waals surface area contributed by atoms with Crippen LogP contribution in [-0.4, -0.2) is 43.6 Å². The molecule has 1 atom stereocenters. The average Bonchev–Trinajstić information content (AvgIpc) is 3.25. The van der Waals surface area contributed by atoms with E-state index in [-0.39, 0.29) is 11.9 Å². The van der Waals surface area contributed by atoms with Crippen LogP contribution in [0.5, 0.6) is 5.75 Å². The maximum atomic E-state index is 12.1. The number of rotatable bonds is 8. The number of benzene rings is 2. The van der Waals surface area contributed by atoms with Crippen LogP contribution in [0, 0.1) is 0 Å². The van der Waals surface area contributed by atoms with Crippen LogP contribution >= 0.6 is 0 Å². The van der Waals surface area contributed by atoms with Gasteiger partial charge in [0.25, 0.3) is 5.91 Å². The van der Waals surface area contributed by atoms with E-state index in [1.54, 1.807) is 48.5 Å². The molecule has 0 aliphatic carbocycles. The SMILES string of the molecule is CC(=O)c1ccccc1NC(=O)COC(=O)c1ccc(OCC2CCCO2)cc1. The minimum absolute atomic E-state index is 0.117. The summed E-state index contributed by atoms with van der Waals surface area (Å²) in [5.41, 5.74) is 1.09. The summed E-state index contributed by atoms with van der Waals surface area (Å²) in [6.45, 7) is 2.21. The Morgan fingerprint density at radius 3 is 2.55 bits per heavy atom. The number of anilines is 1. The normalized spacial score (nSPS) is 15.6. The number of ketones is 1. The van der Waals surface area contributed by atoms with E-state index in [4.69, 9.17) is 14.2 Å². The summed E-state index contributed by atoms with van der Waals surface area (Å²) in [5.74, 6) is -0.676. The van der Waals surface area contributed by atoms with Crippen LogP contribution in [0.4, 0.5) is 5.69 Å². The number of amides is 1. The third-order valence-electron chi connectivity index (χ3n) is 4.46. The van der Waals surface area contributed by atoms with Crippen LogP contribution in [-0.2, 0) is 14.3 Å². The van der Waals surface area contributed by atoms with Crippen molar-refractivity contribution < 1.29 is 28.6 Å². The molecule has 0 bridgehead atoms. The van der Waals surface area contributed by atoms with Crippen molar-refractivity contribution in [3.8, 4) is 5.75 Å². The van der Waals surface area contributed by atoms with Gasteiger partial charge < -0.3 is 19.5 Å². The van der Waals surface area contributed by atoms with E-state index < -0.39 is 18.5 Å². The Balaban J connectivity index is 1.47. The molecule has 1 heterocycles. The molecule has 7 heteroatoms. The second kappa shape index (κ2) is 9.84. The summed E-state index contributed by atoms with van der Waals surface area (Å²) < 4.78 is 16.2. The fourth-order valence-electron chi connectivity index (χ4n) is 2.95. The van der Waals surface area contributed by atoms with Gasteiger partial charge in [0.1, 0.15) is 12.4 Å². The Bertz CT molecular complexity index is 871. The van der Waals surface area contributed by atoms with E-state index in [0.29, 0.717) is 29.2 Å². The number of esters is 1. The molecule has 2 aromatic carbocycles. The summed E-state index contributed by atoms with van der Waals surface area (Å²) >= 11 is 0. The molecular weight excluding hydrogens is 374 g/mol. The highest BCUT2D eigenvalue weighted by atomic mass is 16.5. The highest BCUT2D eigenvalue weighted by Crippen LogP contribution is 2.18. The Morgan fingerprint density at radius 2 is 1.86 bits per heavy atom. The quantitative estimate of drug-likeness (QED) is 0.543. The summed E-state index contributed by atoms with van der Waals surface area (Å²) in [5, 5.41) is 2.58. The molecule has 1 fully saturated rings. The van der Waals surface area contributed by atoms with Gasteiger partial charge in [0.05, 0.1) is 17.4 Å². The Kier molecular flexibility index (Phi) is 6.97. The van der Waals surface area contributed by atoms with Gasteiger partial charge in [-0.3, -0.25) is 9.59 Å². The van der Waals surface area contributed by atoms with E-state index in [0.717, 1.165) is 19.4 Å². The highest BCUT2D eigenvalue weighted by Gasteiger charge is 2.16. The van der Waals surface area contributed by atoms with Crippen LogP contribution in [0.2, 0.25) is 0 Å². The van der Waals surface area contributed by atoms with Crippen LogP contribution in [0.1, 0.15) is 40.5 Å². The molecule has 0 radical (unpaired) electrons. The molecular formula is C22H23NO6. The fraction of sp³-hybridized carbons (Fsp3) is 0.318. The number of carbonyl (C=O) groups excluding carboxylic acids is 3. The van der Waals surface area contributed by atoms with Crippen LogP contribution in [0.25, 0.3) is 0 Å². The predicted octanol–water partition coefficient (Wildman–Crippen LogP) is 3.24. The fourth-order valence-corrected chi connectivity index (χ4v) is 2.95. The standard InChI is InChI=1S/C22H23NO6/c1-15(24)19-6-2-3-7-20(19)23-21(25)14-29-22(26)16-8-10-17(11-9-16)28-13-18-5-4-12-27-18/h2-3,6-11,18H,4-5,12-14H2,1H3,(H,23,25). The molecule has 0 aromatic heterocycles. The lowest BCUT2D eigenvalue weighted by atomic mass is 10.1. The van der Waals surface area contributed by atoms with Gasteiger partial charge in [-0.2, -0.15) is 0 Å². The van der Waals surface area contributed by atoms with Crippen molar-refractivity contribution in [2.45, 2.75) is 25.9 Å². The zero-order chi connectivity index (χ0) is 20.6. The van der Waals surface area contributed by atoms with Crippen molar-refractivity contribution in [1.82, 2.24) is 0 Å². The Morgan fingerprint density at radius 1 is 1.10 bits per heavy atom. The average molecular weight is 397 g/mol. The largest absolute Gasteiger partial charge is 0.491 e. The Hall–Kier alpha value is -3.19. The first-order valence-corrected chi connectivity index (χ1v) is 9.44. The minimum Gasteiger partial charge on any atom is -0.491 e. The molecule has 1 aliphatic rings. The third-order valence-corrected chi connectivity index (χ3v) is 4.46. The zero-order valence-corrected chi connectivity index (χ0v) is 16.2. The lowest BCUT2D eigenvalue weighted by molar-refractivity contribution is -0.119. The second-order valence-corrected chi connectivity index (χ2v) is 6.70. The summed E-state index contributed by atoms with van der Waals surface area (Å²) in [6, 6.07) is 13.2. The first-order valence-electron chi connectivity index (χ1n) is 9.44. The van der Waals surface area contributed by atoms with Gasteiger partial charge in [-0.1, -0.05) is 12.1 Å². The number of carbonyl (C=O) groups is 3. The van der Waals surface area contributed by atoms with Gasteiger partial charge in [-0.25, -0.2) is 4.79 Å². The van der Waals surface area contributed by atoms with Gasteiger partial charge in [-0.15, -0.1) is 0 Å². The van der Waals surface area contributed by atoms with Crippen molar-refractivity contribution >= 4 is 23.3 Å². The van der Waals surface area contributed by atoms with E-state index >= 15 is 0 Å². The van der Waals surface area contributed by atoms with Gasteiger partial charge in [-0.05, 0) is 56.2 Å². The monoisotopic (exact) mass is 397 g/mol. The van der Waals surface area contributed by atoms with Gasteiger partial charge in [0, 0.05) is 12.2 Å². The summed E-state index contributed by atoms with van der Waals surface area (Å²) in [6.07, 6.45) is 2.15. The van der Waals surface area contributed by atoms with Crippen LogP contribution in [0.3, 0.4) is 0 Å². The third kappa shape index (κ3) is 5.89. The maximum absolute atomic E-state index is 12.1. The molecule has 1 N–H and O–H groups in total. The Labute approximate surface area is 169 Å². The van der Waals surface area contributed by atoms with Gasteiger partial charge >= 0.3 is 5.97 Å². The number of hydrogen-bond acceptors (Lipinski definition) is 6. The van der Waals surface area contributed by atoms with Crippen molar-refractivity contribution in [1.29, 1.82) is 0 Å². The van der Waals surface area contributed by atoms with Gasteiger partial charge in [0.2, 0.25) is 0 Å². The lowest BCUT2D eigenvalue weighted by Gasteiger charge is -2.12. The first kappa shape index (κ1) is 20.5. The molecule has 3 rings (SSSR count). The number of ether oxygens (including phenoxy) is 3. The summed E-state index contributed by atoms with van der Waals surface area (Å²) in [7, 11) is 0. The zero-order valence-electron chi connectivity index (χ0n) is 16.2. The molecule has 1 aliphatic heterocycles. The number of nitrogens with one attached hydrogen (secondary N) is 1. The van der Waals surface area contributed by atoms with Crippen molar-refractivity contribution in [3.05, 3.63) is 59.7 Å². The molecule has 2 aromatic rings. The molecule has 152 valence electrons. The predicted molar refractivity (Wildman–Crippen MR) is 106 cm³/mol. The lowest BCUT2D eigenvalue weighted by Crippen LogP contribution is -2.22. The number of Topliss-reactive ketones (excluding diaryl/α,β-unsaturated/α-hetero) is 1. The summed E-state index contributed by atoms with van der Waals surface area (Å²) in [4.78, 5) is 35.8. The van der Waals surface area contributed by atoms with E-state index in [1.807, 2.05) is 0 Å². The molecule has 0 saturated carbocycles. The molecule has 1 unspecified atom stereocenters. The molecule has 0 spiro atoms. The van der Waals surface area contributed by atoms with E-state index in [9.17, 15) is 14.4 Å². The molecule has 1 amide bonds. The highest BCUT2D eigenvalue weighted by molar-refractivity contribution is 6.04. The molecule has 1 saturated heterocycles. The van der Waals surface area contributed by atoms with Crippen molar-refractivity contribution in [2.24, 2.45) is 0 Å². The van der Waals surface area contributed by atoms with E-state index in [2.05, 4.69) is 5.32 Å². The minimum atomic E-state index is -0.620. The van der Waals surface area contributed by atoms with Gasteiger partial charge in [0.15, 0.2) is 12.4 Å². The molecule has 7 nitrogen and oxygen atoms in total. The smallest absolute Gasteiger partial charge is 0.338 e. The number of para-hydroxylation sites is 1. The number of hydrogen-bond donors (Lipinski definition) is 1. The molecule has 29 heavy (non-hydrogen) atoms. The first-order chi connectivity index (χ1) is 14.0. The second-order valence-electron chi connectivity index (χ2n) is 6.70.